The lowest BCUT2D eigenvalue weighted by Gasteiger charge is -2.08. The van der Waals surface area contributed by atoms with E-state index in [4.69, 9.17) is 5.26 Å². The topological polar surface area (TPSA) is 41.6 Å². The van der Waals surface area contributed by atoms with Gasteiger partial charge in [-0.2, -0.15) is 19.1 Å². The van der Waals surface area contributed by atoms with Crippen molar-refractivity contribution >= 4 is 0 Å². The molecular formula is C13H9F4N3. The third-order valence-electron chi connectivity index (χ3n) is 2.69. The zero-order chi connectivity index (χ0) is 15.1. The van der Waals surface area contributed by atoms with Crippen LogP contribution < -0.4 is 0 Å². The molecule has 1 heterocycles. The Labute approximate surface area is 112 Å². The van der Waals surface area contributed by atoms with Crippen molar-refractivity contribution in [2.75, 3.05) is 0 Å². The van der Waals surface area contributed by atoms with Gasteiger partial charge in [-0.15, -0.1) is 0 Å². The van der Waals surface area contributed by atoms with E-state index in [0.29, 0.717) is 6.92 Å². The molecule has 0 N–H and O–H groups in total. The van der Waals surface area contributed by atoms with E-state index < -0.39 is 28.9 Å². The average molecular weight is 283 g/mol. The van der Waals surface area contributed by atoms with Gasteiger partial charge in [-0.3, -0.25) is 0 Å². The Morgan fingerprint density at radius 1 is 1.20 bits per heavy atom. The van der Waals surface area contributed by atoms with Gasteiger partial charge in [-0.1, -0.05) is 0 Å². The van der Waals surface area contributed by atoms with Gasteiger partial charge < -0.3 is 0 Å². The van der Waals surface area contributed by atoms with Crippen molar-refractivity contribution in [1.82, 2.24) is 9.78 Å². The molecule has 0 saturated carbocycles. The number of hydrogen-bond acceptors (Lipinski definition) is 2. The second-order valence-corrected chi connectivity index (χ2v) is 4.37. The first-order valence-corrected chi connectivity index (χ1v) is 5.58. The van der Waals surface area contributed by atoms with Crippen molar-refractivity contribution in [3.63, 3.8) is 0 Å². The van der Waals surface area contributed by atoms with Crippen LogP contribution >= 0.6 is 0 Å². The van der Waals surface area contributed by atoms with Crippen LogP contribution in [0.3, 0.4) is 0 Å². The normalized spacial score (nSPS) is 11.4. The van der Waals surface area contributed by atoms with Crippen LogP contribution in [0.2, 0.25) is 0 Å². The van der Waals surface area contributed by atoms with E-state index in [9.17, 15) is 17.6 Å². The van der Waals surface area contributed by atoms with Crippen LogP contribution in [0.25, 0.3) is 5.69 Å². The van der Waals surface area contributed by atoms with Crippen LogP contribution in [-0.4, -0.2) is 9.78 Å². The Balaban J connectivity index is 2.64. The maximum absolute atomic E-state index is 13.8. The van der Waals surface area contributed by atoms with Crippen LogP contribution in [0.15, 0.2) is 18.2 Å². The summed E-state index contributed by atoms with van der Waals surface area (Å²) >= 11 is 0. The van der Waals surface area contributed by atoms with Gasteiger partial charge in [0, 0.05) is 12.6 Å². The summed E-state index contributed by atoms with van der Waals surface area (Å²) in [6.45, 7) is 2.05. The first-order chi connectivity index (χ1) is 9.24. The Bertz CT molecular complexity index is 684. The van der Waals surface area contributed by atoms with Gasteiger partial charge in [0.1, 0.15) is 11.4 Å². The lowest BCUT2D eigenvalue weighted by Crippen LogP contribution is -2.10. The fourth-order valence-corrected chi connectivity index (χ4v) is 1.75. The highest BCUT2D eigenvalue weighted by Gasteiger charge is 2.29. The Morgan fingerprint density at radius 2 is 1.75 bits per heavy atom. The van der Waals surface area contributed by atoms with Crippen molar-refractivity contribution < 1.29 is 17.6 Å². The summed E-state index contributed by atoms with van der Waals surface area (Å²) in [5.41, 5.74) is -1.21. The van der Waals surface area contributed by atoms with Gasteiger partial charge in [0.25, 0.3) is 5.92 Å². The molecule has 0 atom stereocenters. The molecule has 0 bridgehead atoms. The number of benzene rings is 1. The third-order valence-corrected chi connectivity index (χ3v) is 2.69. The molecule has 1 aromatic heterocycles. The second-order valence-electron chi connectivity index (χ2n) is 4.37. The molecule has 0 amide bonds. The number of nitrogens with zero attached hydrogens (tertiary/aromatic N) is 3. The van der Waals surface area contributed by atoms with Gasteiger partial charge in [-0.25, -0.2) is 13.5 Å². The number of aromatic nitrogens is 2. The van der Waals surface area contributed by atoms with Gasteiger partial charge in [0.2, 0.25) is 0 Å². The highest BCUT2D eigenvalue weighted by molar-refractivity contribution is 5.43. The number of nitriles is 1. The fourth-order valence-electron chi connectivity index (χ4n) is 1.75. The molecule has 0 spiro atoms. The molecular weight excluding hydrogens is 274 g/mol. The van der Waals surface area contributed by atoms with Crippen LogP contribution in [-0.2, 0) is 5.92 Å². The quantitative estimate of drug-likeness (QED) is 0.792. The fraction of sp³-hybridized carbons (Fsp3) is 0.231. The molecule has 2 aromatic rings. The van der Waals surface area contributed by atoms with E-state index in [-0.39, 0.29) is 11.3 Å². The van der Waals surface area contributed by atoms with Gasteiger partial charge in [0.15, 0.2) is 11.6 Å². The summed E-state index contributed by atoms with van der Waals surface area (Å²) in [4.78, 5) is 0. The number of halogens is 4. The molecule has 0 aliphatic heterocycles. The van der Waals surface area contributed by atoms with E-state index in [2.05, 4.69) is 5.10 Å². The van der Waals surface area contributed by atoms with Crippen molar-refractivity contribution in [2.24, 2.45) is 0 Å². The second kappa shape index (κ2) is 4.63. The first-order valence-electron chi connectivity index (χ1n) is 5.58. The molecule has 1 aromatic carbocycles. The number of rotatable bonds is 2. The molecule has 2 rings (SSSR count). The lowest BCUT2D eigenvalue weighted by atomic mass is 10.2. The summed E-state index contributed by atoms with van der Waals surface area (Å²) in [6.07, 6.45) is 0. The maximum atomic E-state index is 13.8. The molecule has 20 heavy (non-hydrogen) atoms. The van der Waals surface area contributed by atoms with Gasteiger partial charge in [-0.05, 0) is 25.1 Å². The van der Waals surface area contributed by atoms with Crippen molar-refractivity contribution in [3.05, 3.63) is 46.8 Å². The molecule has 7 heteroatoms. The van der Waals surface area contributed by atoms with Crippen LogP contribution in [0.5, 0.6) is 0 Å². The Hall–Kier alpha value is -2.36. The lowest BCUT2D eigenvalue weighted by molar-refractivity contribution is 0.0124. The SMILES string of the molecule is Cc1cc(C(C)(F)F)nn1-c1c(F)cc(C#N)cc1F. The minimum atomic E-state index is -3.21. The highest BCUT2D eigenvalue weighted by atomic mass is 19.3. The summed E-state index contributed by atoms with van der Waals surface area (Å²) in [5, 5.41) is 12.1. The zero-order valence-electron chi connectivity index (χ0n) is 10.6. The minimum Gasteiger partial charge on any atom is -0.232 e. The smallest absolute Gasteiger partial charge is 0.232 e. The van der Waals surface area contributed by atoms with Crippen LogP contribution in [0, 0.1) is 29.9 Å². The molecule has 0 fully saturated rings. The molecule has 0 aliphatic carbocycles. The van der Waals surface area contributed by atoms with E-state index in [1.165, 1.54) is 6.92 Å². The summed E-state index contributed by atoms with van der Waals surface area (Å²) in [7, 11) is 0. The Kier molecular flexibility index (Phi) is 3.26. The molecule has 0 saturated heterocycles. The maximum Gasteiger partial charge on any atom is 0.288 e. The van der Waals surface area contributed by atoms with Crippen molar-refractivity contribution in [1.29, 1.82) is 5.26 Å². The predicted octanol–water partition coefficient (Wildman–Crippen LogP) is 3.44. The monoisotopic (exact) mass is 283 g/mol. The van der Waals surface area contributed by atoms with Crippen LogP contribution in [0.4, 0.5) is 17.6 Å². The summed E-state index contributed by atoms with van der Waals surface area (Å²) < 4.78 is 54.8. The highest BCUT2D eigenvalue weighted by Crippen LogP contribution is 2.28. The van der Waals surface area contributed by atoms with E-state index >= 15 is 0 Å². The standard InChI is InChI=1S/C13H9F4N3/c1-7-3-11(13(2,16)17)19-20(7)12-9(14)4-8(6-18)5-10(12)15/h3-5H,1-2H3. The Morgan fingerprint density at radius 3 is 2.15 bits per heavy atom. The molecule has 0 unspecified atom stereocenters. The average Bonchev–Trinajstić information content (AvgIpc) is 2.70. The molecule has 3 nitrogen and oxygen atoms in total. The largest absolute Gasteiger partial charge is 0.288 e. The predicted molar refractivity (Wildman–Crippen MR) is 62.5 cm³/mol. The van der Waals surface area contributed by atoms with E-state index in [1.807, 2.05) is 0 Å². The number of alkyl halides is 2. The third kappa shape index (κ3) is 2.37. The number of hydrogen-bond donors (Lipinski definition) is 0. The number of aryl methyl sites for hydroxylation is 1. The summed E-state index contributed by atoms with van der Waals surface area (Å²) in [5.74, 6) is -5.30. The van der Waals surface area contributed by atoms with Crippen molar-refractivity contribution in [3.8, 4) is 11.8 Å². The van der Waals surface area contributed by atoms with Crippen LogP contribution in [0.1, 0.15) is 23.9 Å². The molecule has 0 radical (unpaired) electrons. The zero-order valence-corrected chi connectivity index (χ0v) is 10.6. The van der Waals surface area contributed by atoms with E-state index in [1.54, 1.807) is 6.07 Å². The van der Waals surface area contributed by atoms with Crippen molar-refractivity contribution in [2.45, 2.75) is 19.8 Å². The molecule has 104 valence electrons. The van der Waals surface area contributed by atoms with E-state index in [0.717, 1.165) is 22.9 Å². The van der Waals surface area contributed by atoms with Gasteiger partial charge in [0.05, 0.1) is 11.6 Å². The first kappa shape index (κ1) is 14.1. The van der Waals surface area contributed by atoms with Gasteiger partial charge >= 0.3 is 0 Å². The summed E-state index contributed by atoms with van der Waals surface area (Å²) in [6, 6.07) is 4.30. The minimum absolute atomic E-state index is 0.157. The molecule has 0 aliphatic rings.